The molecule has 0 aliphatic rings. The summed E-state index contributed by atoms with van der Waals surface area (Å²) in [5.74, 6) is 0. The minimum Gasteiger partial charge on any atom is -0.342 e. The normalized spacial score (nSPS) is 11.3. The van der Waals surface area contributed by atoms with Crippen molar-refractivity contribution in [2.24, 2.45) is 7.05 Å². The summed E-state index contributed by atoms with van der Waals surface area (Å²) in [6.45, 7) is 5.65. The third-order valence-corrected chi connectivity index (χ3v) is 4.55. The zero-order valence-corrected chi connectivity index (χ0v) is 14.4. The van der Waals surface area contributed by atoms with Gasteiger partial charge in [-0.05, 0) is 13.3 Å². The van der Waals surface area contributed by atoms with E-state index in [1.807, 2.05) is 19.4 Å². The Morgan fingerprint density at radius 3 is 2.83 bits per heavy atom. The molecule has 3 aromatic rings. The first kappa shape index (κ1) is 15.7. The van der Waals surface area contributed by atoms with Gasteiger partial charge in [-0.15, -0.1) is 5.10 Å². The molecule has 0 radical (unpaired) electrons. The van der Waals surface area contributed by atoms with Crippen molar-refractivity contribution in [3.05, 3.63) is 40.1 Å². The highest BCUT2D eigenvalue weighted by atomic mass is 32.1. The van der Waals surface area contributed by atoms with Gasteiger partial charge >= 0.3 is 0 Å². The number of rotatable bonds is 6. The first-order chi connectivity index (χ1) is 11.1. The molecule has 0 saturated carbocycles. The first-order valence-corrected chi connectivity index (χ1v) is 8.54. The van der Waals surface area contributed by atoms with Crippen LogP contribution < -0.4 is 10.5 Å². The number of hydrogen-bond donors (Lipinski definition) is 0. The van der Waals surface area contributed by atoms with Crippen LogP contribution in [0.5, 0.6) is 0 Å². The van der Waals surface area contributed by atoms with Crippen molar-refractivity contribution in [3.8, 4) is 0 Å². The maximum Gasteiger partial charge on any atom is 0.275 e. The smallest absolute Gasteiger partial charge is 0.275 e. The zero-order chi connectivity index (χ0) is 16.4. The molecule has 0 fully saturated rings. The lowest BCUT2D eigenvalue weighted by Crippen LogP contribution is -2.22. The quantitative estimate of drug-likeness (QED) is 0.689. The Hall–Kier alpha value is -2.22. The van der Waals surface area contributed by atoms with Gasteiger partial charge < -0.3 is 4.90 Å². The molecule has 0 N–H and O–H groups in total. The van der Waals surface area contributed by atoms with Crippen LogP contribution in [0.15, 0.2) is 23.3 Å². The van der Waals surface area contributed by atoms with Crippen LogP contribution in [0.3, 0.4) is 0 Å². The van der Waals surface area contributed by atoms with Crippen LogP contribution in [0, 0.1) is 0 Å². The lowest BCUT2D eigenvalue weighted by atomic mass is 10.2. The molecule has 0 aliphatic carbocycles. The van der Waals surface area contributed by atoms with Gasteiger partial charge in [0.2, 0.25) is 10.1 Å². The molecule has 0 bridgehead atoms. The summed E-state index contributed by atoms with van der Waals surface area (Å²) in [5, 5.41) is 9.44. The fourth-order valence-electron chi connectivity index (χ4n) is 2.45. The molecule has 7 nitrogen and oxygen atoms in total. The molecule has 3 rings (SSSR count). The maximum absolute atomic E-state index is 12.2. The van der Waals surface area contributed by atoms with Crippen molar-refractivity contribution in [1.82, 2.24) is 24.4 Å². The minimum atomic E-state index is -0.113. The van der Waals surface area contributed by atoms with E-state index in [1.54, 1.807) is 10.7 Å². The minimum absolute atomic E-state index is 0.113. The predicted octanol–water partition coefficient (Wildman–Crippen LogP) is 1.86. The lowest BCUT2D eigenvalue weighted by molar-refractivity contribution is 0.763. The third kappa shape index (κ3) is 3.26. The second-order valence-electron chi connectivity index (χ2n) is 5.45. The molecule has 0 atom stereocenters. The molecule has 8 heteroatoms. The monoisotopic (exact) mass is 332 g/mol. The van der Waals surface area contributed by atoms with Gasteiger partial charge in [-0.25, -0.2) is 4.98 Å². The molecule has 3 aromatic heterocycles. The van der Waals surface area contributed by atoms with E-state index in [-0.39, 0.29) is 5.56 Å². The standard InChI is InChI=1S/C15H20N6OS/c1-4-6-12-7-13(22)21-14(17-12)23-15(18-21)20(5-2)10-11-8-16-19(3)9-11/h7-9H,4-6,10H2,1-3H3. The van der Waals surface area contributed by atoms with Crippen molar-refractivity contribution in [2.45, 2.75) is 33.2 Å². The van der Waals surface area contributed by atoms with Crippen molar-refractivity contribution < 1.29 is 0 Å². The van der Waals surface area contributed by atoms with Crippen LogP contribution in [0.1, 0.15) is 31.5 Å². The Labute approximate surface area is 138 Å². The maximum atomic E-state index is 12.2. The van der Waals surface area contributed by atoms with Crippen LogP contribution in [0.2, 0.25) is 0 Å². The van der Waals surface area contributed by atoms with Crippen molar-refractivity contribution in [1.29, 1.82) is 0 Å². The van der Waals surface area contributed by atoms with Gasteiger partial charge in [0.25, 0.3) is 5.56 Å². The summed E-state index contributed by atoms with van der Waals surface area (Å²) >= 11 is 1.45. The van der Waals surface area contributed by atoms with E-state index in [9.17, 15) is 4.79 Å². The average molecular weight is 332 g/mol. The molecule has 3 heterocycles. The van der Waals surface area contributed by atoms with Crippen molar-refractivity contribution >= 4 is 21.4 Å². The number of fused-ring (bicyclic) bond motifs is 1. The van der Waals surface area contributed by atoms with E-state index in [0.717, 1.165) is 35.8 Å². The molecule has 0 saturated heterocycles. The van der Waals surface area contributed by atoms with Gasteiger partial charge in [-0.1, -0.05) is 24.7 Å². The highest BCUT2D eigenvalue weighted by molar-refractivity contribution is 7.20. The molecule has 0 spiro atoms. The molecule has 0 unspecified atom stereocenters. The SMILES string of the molecule is CCCc1cc(=O)n2nc(N(CC)Cc3cnn(C)c3)sc2n1. The summed E-state index contributed by atoms with van der Waals surface area (Å²) in [5.41, 5.74) is 1.84. The fourth-order valence-corrected chi connectivity index (χ4v) is 3.44. The predicted molar refractivity (Wildman–Crippen MR) is 91.1 cm³/mol. The van der Waals surface area contributed by atoms with Crippen LogP contribution >= 0.6 is 11.3 Å². The number of hydrogen-bond acceptors (Lipinski definition) is 6. The van der Waals surface area contributed by atoms with E-state index < -0.39 is 0 Å². The average Bonchev–Trinajstić information content (AvgIpc) is 3.11. The second-order valence-corrected chi connectivity index (χ2v) is 6.39. The van der Waals surface area contributed by atoms with Crippen LogP contribution in [0.25, 0.3) is 4.96 Å². The van der Waals surface area contributed by atoms with Crippen LogP contribution in [-0.2, 0) is 20.0 Å². The number of nitrogens with zero attached hydrogens (tertiary/aromatic N) is 6. The van der Waals surface area contributed by atoms with Gasteiger partial charge in [-0.3, -0.25) is 9.48 Å². The Balaban J connectivity index is 1.94. The number of aromatic nitrogens is 5. The molecule has 122 valence electrons. The van der Waals surface area contributed by atoms with E-state index in [2.05, 4.69) is 33.9 Å². The summed E-state index contributed by atoms with van der Waals surface area (Å²) in [7, 11) is 1.90. The lowest BCUT2D eigenvalue weighted by Gasteiger charge is -2.17. The Morgan fingerprint density at radius 2 is 2.17 bits per heavy atom. The summed E-state index contributed by atoms with van der Waals surface area (Å²) in [6, 6.07) is 1.58. The first-order valence-electron chi connectivity index (χ1n) is 7.73. The highest BCUT2D eigenvalue weighted by Gasteiger charge is 2.14. The van der Waals surface area contributed by atoms with Gasteiger partial charge in [0.15, 0.2) is 0 Å². The van der Waals surface area contributed by atoms with E-state index in [4.69, 9.17) is 0 Å². The largest absolute Gasteiger partial charge is 0.342 e. The molecule has 0 amide bonds. The number of anilines is 1. The van der Waals surface area contributed by atoms with Crippen LogP contribution in [0.4, 0.5) is 5.13 Å². The van der Waals surface area contributed by atoms with E-state index in [1.165, 1.54) is 15.9 Å². The van der Waals surface area contributed by atoms with E-state index in [0.29, 0.717) is 11.5 Å². The Morgan fingerprint density at radius 1 is 1.35 bits per heavy atom. The fraction of sp³-hybridized carbons (Fsp3) is 0.467. The second kappa shape index (κ2) is 6.49. The molecule has 0 aromatic carbocycles. The highest BCUT2D eigenvalue weighted by Crippen LogP contribution is 2.23. The summed E-state index contributed by atoms with van der Waals surface area (Å²) in [6.07, 6.45) is 5.61. The van der Waals surface area contributed by atoms with Gasteiger partial charge in [0, 0.05) is 43.7 Å². The third-order valence-electron chi connectivity index (χ3n) is 3.58. The topological polar surface area (TPSA) is 68.3 Å². The van der Waals surface area contributed by atoms with Gasteiger partial charge in [-0.2, -0.15) is 9.61 Å². The molecular weight excluding hydrogens is 312 g/mol. The van der Waals surface area contributed by atoms with Crippen molar-refractivity contribution in [2.75, 3.05) is 11.4 Å². The van der Waals surface area contributed by atoms with E-state index >= 15 is 0 Å². The van der Waals surface area contributed by atoms with Gasteiger partial charge in [0.1, 0.15) is 0 Å². The van der Waals surface area contributed by atoms with Crippen molar-refractivity contribution in [3.63, 3.8) is 0 Å². The molecular formula is C15H20N6OS. The molecule has 23 heavy (non-hydrogen) atoms. The van der Waals surface area contributed by atoms with Crippen LogP contribution in [-0.4, -0.2) is 30.9 Å². The Bertz CT molecular complexity index is 864. The summed E-state index contributed by atoms with van der Waals surface area (Å²) in [4.78, 5) is 19.5. The summed E-state index contributed by atoms with van der Waals surface area (Å²) < 4.78 is 3.18. The molecule has 0 aliphatic heterocycles. The number of aryl methyl sites for hydroxylation is 2. The zero-order valence-electron chi connectivity index (χ0n) is 13.6. The van der Waals surface area contributed by atoms with Gasteiger partial charge in [0.05, 0.1) is 6.20 Å². The Kier molecular flexibility index (Phi) is 4.42.